The van der Waals surface area contributed by atoms with Crippen LogP contribution in [0.25, 0.3) is 15.3 Å². The maximum Gasteiger partial charge on any atom is 0.225 e. The Morgan fingerprint density at radius 2 is 1.89 bits per heavy atom. The van der Waals surface area contributed by atoms with Gasteiger partial charge in [-0.3, -0.25) is 4.79 Å². The normalized spacial score (nSPS) is 11.1. The summed E-state index contributed by atoms with van der Waals surface area (Å²) in [5.41, 5.74) is 5.34. The van der Waals surface area contributed by atoms with Gasteiger partial charge in [-0.15, -0.1) is 0 Å². The second-order valence-electron chi connectivity index (χ2n) is 7.04. The van der Waals surface area contributed by atoms with E-state index in [0.717, 1.165) is 32.2 Å². The van der Waals surface area contributed by atoms with Crippen molar-refractivity contribution in [3.8, 4) is 5.13 Å². The van der Waals surface area contributed by atoms with Crippen molar-refractivity contribution in [3.05, 3.63) is 70.9 Å². The SMILES string of the molecule is Cc1cc(C)c2nc(-n3nc(C)cc3NC(=O)CCc3ccccc3)sc2c1. The van der Waals surface area contributed by atoms with Gasteiger partial charge in [0.25, 0.3) is 0 Å². The molecule has 0 saturated heterocycles. The highest BCUT2D eigenvalue weighted by Gasteiger charge is 2.15. The molecule has 0 atom stereocenters. The van der Waals surface area contributed by atoms with Gasteiger partial charge in [0, 0.05) is 12.5 Å². The minimum absolute atomic E-state index is 0.0295. The number of aryl methyl sites for hydroxylation is 4. The first kappa shape index (κ1) is 18.4. The van der Waals surface area contributed by atoms with E-state index in [1.165, 1.54) is 5.56 Å². The first-order valence-corrected chi connectivity index (χ1v) is 10.1. The standard InChI is InChI=1S/C22H22N4OS/c1-14-11-15(2)21-18(12-14)28-22(24-21)26-19(13-16(3)25-26)23-20(27)10-9-17-7-5-4-6-8-17/h4-8,11-13H,9-10H2,1-3H3,(H,23,27). The topological polar surface area (TPSA) is 59.8 Å². The first-order chi connectivity index (χ1) is 13.5. The molecule has 0 radical (unpaired) electrons. The molecule has 4 aromatic rings. The van der Waals surface area contributed by atoms with Crippen molar-refractivity contribution < 1.29 is 4.79 Å². The molecule has 0 spiro atoms. The van der Waals surface area contributed by atoms with Crippen LogP contribution in [-0.4, -0.2) is 20.7 Å². The molecular formula is C22H22N4OS. The molecule has 0 aliphatic carbocycles. The maximum absolute atomic E-state index is 12.5. The molecule has 2 aromatic heterocycles. The number of aromatic nitrogens is 3. The molecule has 4 rings (SSSR count). The van der Waals surface area contributed by atoms with Crippen molar-refractivity contribution in [3.63, 3.8) is 0 Å². The summed E-state index contributed by atoms with van der Waals surface area (Å²) in [5.74, 6) is 0.627. The van der Waals surface area contributed by atoms with E-state index in [1.54, 1.807) is 16.0 Å². The summed E-state index contributed by atoms with van der Waals surface area (Å²) in [6.45, 7) is 6.07. The molecule has 1 amide bonds. The zero-order chi connectivity index (χ0) is 19.7. The van der Waals surface area contributed by atoms with E-state index in [0.29, 0.717) is 18.7 Å². The number of benzene rings is 2. The van der Waals surface area contributed by atoms with Gasteiger partial charge in [0.1, 0.15) is 5.82 Å². The van der Waals surface area contributed by atoms with Crippen molar-refractivity contribution in [1.82, 2.24) is 14.8 Å². The molecule has 142 valence electrons. The molecule has 0 fully saturated rings. The van der Waals surface area contributed by atoms with Gasteiger partial charge in [-0.2, -0.15) is 9.78 Å². The quantitative estimate of drug-likeness (QED) is 0.523. The summed E-state index contributed by atoms with van der Waals surface area (Å²) in [6, 6.07) is 16.2. The Hall–Kier alpha value is -2.99. The molecule has 5 nitrogen and oxygen atoms in total. The number of fused-ring (bicyclic) bond motifs is 1. The number of hydrogen-bond acceptors (Lipinski definition) is 4. The molecule has 0 aliphatic rings. The number of nitrogens with zero attached hydrogens (tertiary/aromatic N) is 3. The summed E-state index contributed by atoms with van der Waals surface area (Å²) in [6.07, 6.45) is 1.13. The lowest BCUT2D eigenvalue weighted by atomic mass is 10.1. The number of thiazole rings is 1. The van der Waals surface area contributed by atoms with Crippen molar-refractivity contribution in [1.29, 1.82) is 0 Å². The second-order valence-corrected chi connectivity index (χ2v) is 8.05. The summed E-state index contributed by atoms with van der Waals surface area (Å²) in [5, 5.41) is 8.31. The number of carbonyl (C=O) groups excluding carboxylic acids is 1. The lowest BCUT2D eigenvalue weighted by Gasteiger charge is -2.06. The van der Waals surface area contributed by atoms with Crippen LogP contribution in [0, 0.1) is 20.8 Å². The molecule has 0 saturated carbocycles. The fraction of sp³-hybridized carbons (Fsp3) is 0.227. The number of hydrogen-bond donors (Lipinski definition) is 1. The Morgan fingerprint density at radius 1 is 1.11 bits per heavy atom. The Bertz CT molecular complexity index is 1140. The summed E-state index contributed by atoms with van der Waals surface area (Å²) >= 11 is 1.58. The van der Waals surface area contributed by atoms with Crippen LogP contribution in [0.1, 0.15) is 28.8 Å². The molecule has 1 N–H and O–H groups in total. The van der Waals surface area contributed by atoms with Gasteiger partial charge in [0.05, 0.1) is 15.9 Å². The second kappa shape index (κ2) is 7.56. The van der Waals surface area contributed by atoms with Crippen LogP contribution in [0.2, 0.25) is 0 Å². The lowest BCUT2D eigenvalue weighted by molar-refractivity contribution is -0.116. The van der Waals surface area contributed by atoms with Gasteiger partial charge < -0.3 is 5.32 Å². The van der Waals surface area contributed by atoms with Crippen LogP contribution in [0.4, 0.5) is 5.82 Å². The zero-order valence-electron chi connectivity index (χ0n) is 16.2. The van der Waals surface area contributed by atoms with E-state index in [1.807, 2.05) is 43.3 Å². The van der Waals surface area contributed by atoms with E-state index in [2.05, 4.69) is 36.4 Å². The minimum Gasteiger partial charge on any atom is -0.310 e. The Labute approximate surface area is 168 Å². The van der Waals surface area contributed by atoms with E-state index >= 15 is 0 Å². The smallest absolute Gasteiger partial charge is 0.225 e. The Balaban J connectivity index is 1.57. The van der Waals surface area contributed by atoms with Crippen LogP contribution in [0.15, 0.2) is 48.5 Å². The molecule has 0 aliphatic heterocycles. The summed E-state index contributed by atoms with van der Waals surface area (Å²) < 4.78 is 2.86. The largest absolute Gasteiger partial charge is 0.310 e. The molecule has 2 aromatic carbocycles. The third-order valence-electron chi connectivity index (χ3n) is 4.58. The van der Waals surface area contributed by atoms with Crippen LogP contribution in [-0.2, 0) is 11.2 Å². The molecule has 0 unspecified atom stereocenters. The predicted molar refractivity (Wildman–Crippen MR) is 114 cm³/mol. The minimum atomic E-state index is -0.0295. The molecule has 6 heteroatoms. The average molecular weight is 391 g/mol. The van der Waals surface area contributed by atoms with E-state index in [9.17, 15) is 4.79 Å². The lowest BCUT2D eigenvalue weighted by Crippen LogP contribution is -2.15. The van der Waals surface area contributed by atoms with Crippen LogP contribution in [0.3, 0.4) is 0 Å². The number of amides is 1. The van der Waals surface area contributed by atoms with Gasteiger partial charge in [-0.1, -0.05) is 47.7 Å². The van der Waals surface area contributed by atoms with Crippen LogP contribution >= 0.6 is 11.3 Å². The van der Waals surface area contributed by atoms with Crippen LogP contribution < -0.4 is 5.32 Å². The van der Waals surface area contributed by atoms with E-state index < -0.39 is 0 Å². The predicted octanol–water partition coefficient (Wildman–Crippen LogP) is 4.98. The van der Waals surface area contributed by atoms with Gasteiger partial charge in [0.15, 0.2) is 0 Å². The molecule has 0 bridgehead atoms. The van der Waals surface area contributed by atoms with Gasteiger partial charge in [0.2, 0.25) is 11.0 Å². The van der Waals surface area contributed by atoms with Crippen molar-refractivity contribution in [2.24, 2.45) is 0 Å². The molecule has 28 heavy (non-hydrogen) atoms. The Kier molecular flexibility index (Phi) is 4.96. The van der Waals surface area contributed by atoms with Crippen molar-refractivity contribution >= 4 is 33.3 Å². The van der Waals surface area contributed by atoms with E-state index in [4.69, 9.17) is 4.98 Å². The fourth-order valence-corrected chi connectivity index (χ4v) is 4.40. The van der Waals surface area contributed by atoms with Crippen molar-refractivity contribution in [2.45, 2.75) is 33.6 Å². The van der Waals surface area contributed by atoms with E-state index in [-0.39, 0.29) is 5.91 Å². The third-order valence-corrected chi connectivity index (χ3v) is 5.56. The third kappa shape index (κ3) is 3.82. The first-order valence-electron chi connectivity index (χ1n) is 9.28. The molecular weight excluding hydrogens is 368 g/mol. The monoisotopic (exact) mass is 390 g/mol. The van der Waals surface area contributed by atoms with Gasteiger partial charge in [-0.25, -0.2) is 4.98 Å². The van der Waals surface area contributed by atoms with Crippen molar-refractivity contribution in [2.75, 3.05) is 5.32 Å². The highest BCUT2D eigenvalue weighted by atomic mass is 32.1. The number of anilines is 1. The maximum atomic E-state index is 12.5. The Morgan fingerprint density at radius 3 is 2.68 bits per heavy atom. The average Bonchev–Trinajstić information content (AvgIpc) is 3.24. The van der Waals surface area contributed by atoms with Gasteiger partial charge >= 0.3 is 0 Å². The highest BCUT2D eigenvalue weighted by Crippen LogP contribution is 2.30. The van der Waals surface area contributed by atoms with Gasteiger partial charge in [-0.05, 0) is 49.9 Å². The van der Waals surface area contributed by atoms with Crippen LogP contribution in [0.5, 0.6) is 0 Å². The summed E-state index contributed by atoms with van der Waals surface area (Å²) in [4.78, 5) is 17.2. The molecule has 2 heterocycles. The number of rotatable bonds is 5. The fourth-order valence-electron chi connectivity index (χ4n) is 3.29. The highest BCUT2D eigenvalue weighted by molar-refractivity contribution is 7.20. The zero-order valence-corrected chi connectivity index (χ0v) is 17.0. The number of nitrogens with one attached hydrogen (secondary N) is 1. The summed E-state index contributed by atoms with van der Waals surface area (Å²) in [7, 11) is 0. The number of carbonyl (C=O) groups is 1.